The lowest BCUT2D eigenvalue weighted by Crippen LogP contribution is -2.49. The summed E-state index contributed by atoms with van der Waals surface area (Å²) in [5, 5.41) is 14.6. The Morgan fingerprint density at radius 3 is 2.11 bits per heavy atom. The summed E-state index contributed by atoms with van der Waals surface area (Å²) in [6, 6.07) is 24.2. The topological polar surface area (TPSA) is 114 Å². The van der Waals surface area contributed by atoms with E-state index < -0.39 is 30.1 Å². The SMILES string of the molecule is CC(OCc1ccccc1)C(NC(=O)CCNC(=O)OCC1c2ccccc2-c2ccccc21)C(=O)O. The van der Waals surface area contributed by atoms with Crippen LogP contribution in [0.15, 0.2) is 78.9 Å². The van der Waals surface area contributed by atoms with Gasteiger partial charge >= 0.3 is 12.1 Å². The number of ether oxygens (including phenoxy) is 2. The molecule has 0 saturated heterocycles. The number of carbonyl (C=O) groups excluding carboxylic acids is 2. The zero-order valence-corrected chi connectivity index (χ0v) is 20.6. The second-order valence-corrected chi connectivity index (χ2v) is 8.89. The van der Waals surface area contributed by atoms with Gasteiger partial charge in [-0.1, -0.05) is 78.9 Å². The number of carboxylic acid groups (broad SMARTS) is 1. The first-order chi connectivity index (χ1) is 17.9. The fourth-order valence-electron chi connectivity index (χ4n) is 4.45. The van der Waals surface area contributed by atoms with Gasteiger partial charge in [0.05, 0.1) is 12.7 Å². The third-order valence-electron chi connectivity index (χ3n) is 6.37. The number of alkyl carbamates (subject to hydrolysis) is 1. The number of rotatable bonds is 11. The Morgan fingerprint density at radius 1 is 0.892 bits per heavy atom. The molecule has 2 amide bonds. The highest BCUT2D eigenvalue weighted by Crippen LogP contribution is 2.44. The van der Waals surface area contributed by atoms with Gasteiger partial charge in [-0.3, -0.25) is 4.79 Å². The highest BCUT2D eigenvalue weighted by atomic mass is 16.5. The average Bonchev–Trinajstić information content (AvgIpc) is 3.23. The molecule has 8 heteroatoms. The molecule has 1 aliphatic carbocycles. The predicted octanol–water partition coefficient (Wildman–Crippen LogP) is 4.09. The maximum atomic E-state index is 12.3. The molecule has 192 valence electrons. The normalized spacial score (nSPS) is 13.6. The van der Waals surface area contributed by atoms with Crippen molar-refractivity contribution >= 4 is 18.0 Å². The van der Waals surface area contributed by atoms with Gasteiger partial charge in [0.25, 0.3) is 0 Å². The third-order valence-corrected chi connectivity index (χ3v) is 6.37. The molecule has 8 nitrogen and oxygen atoms in total. The standard InChI is InChI=1S/C29H30N2O6/c1-19(36-17-20-9-3-2-4-10-20)27(28(33)34)31-26(32)15-16-30-29(35)37-18-25-23-13-7-5-11-21(23)22-12-6-8-14-24(22)25/h2-14,19,25,27H,15-18H2,1H3,(H,30,35)(H,31,32)(H,33,34). The zero-order chi connectivity index (χ0) is 26.2. The molecule has 2 unspecified atom stereocenters. The minimum atomic E-state index is -1.22. The van der Waals surface area contributed by atoms with Crippen molar-refractivity contribution in [1.29, 1.82) is 0 Å². The fraction of sp³-hybridized carbons (Fsp3) is 0.276. The molecule has 0 spiro atoms. The smallest absolute Gasteiger partial charge is 0.407 e. The van der Waals surface area contributed by atoms with Crippen LogP contribution in [0.2, 0.25) is 0 Å². The van der Waals surface area contributed by atoms with Crippen LogP contribution in [0.3, 0.4) is 0 Å². The van der Waals surface area contributed by atoms with E-state index in [4.69, 9.17) is 9.47 Å². The first kappa shape index (κ1) is 25.9. The Labute approximate surface area is 215 Å². The van der Waals surface area contributed by atoms with Gasteiger partial charge in [0.1, 0.15) is 6.61 Å². The summed E-state index contributed by atoms with van der Waals surface area (Å²) in [4.78, 5) is 36.3. The first-order valence-electron chi connectivity index (χ1n) is 12.2. The number of hydrogen-bond donors (Lipinski definition) is 3. The molecule has 0 aliphatic heterocycles. The Bertz CT molecular complexity index is 1200. The molecule has 0 saturated carbocycles. The van der Waals surface area contributed by atoms with Gasteiger partial charge < -0.3 is 25.2 Å². The van der Waals surface area contributed by atoms with Crippen molar-refractivity contribution in [1.82, 2.24) is 10.6 Å². The van der Waals surface area contributed by atoms with Crippen LogP contribution < -0.4 is 10.6 Å². The molecule has 1 aliphatic rings. The van der Waals surface area contributed by atoms with E-state index in [1.807, 2.05) is 66.7 Å². The molecule has 3 aromatic carbocycles. The van der Waals surface area contributed by atoms with Crippen LogP contribution in [0.5, 0.6) is 0 Å². The van der Waals surface area contributed by atoms with E-state index in [9.17, 15) is 19.5 Å². The monoisotopic (exact) mass is 502 g/mol. The second kappa shape index (κ2) is 12.2. The summed E-state index contributed by atoms with van der Waals surface area (Å²) < 4.78 is 11.1. The number of carboxylic acids is 1. The highest BCUT2D eigenvalue weighted by Gasteiger charge is 2.29. The van der Waals surface area contributed by atoms with Gasteiger partial charge in [0, 0.05) is 18.9 Å². The number of aliphatic carboxylic acids is 1. The molecule has 37 heavy (non-hydrogen) atoms. The molecule has 0 fully saturated rings. The first-order valence-corrected chi connectivity index (χ1v) is 12.2. The molecule has 2 atom stereocenters. The van der Waals surface area contributed by atoms with E-state index >= 15 is 0 Å². The molecule has 0 bridgehead atoms. The fourth-order valence-corrected chi connectivity index (χ4v) is 4.45. The van der Waals surface area contributed by atoms with Crippen molar-refractivity contribution in [3.63, 3.8) is 0 Å². The summed E-state index contributed by atoms with van der Waals surface area (Å²) in [5.74, 6) is -1.77. The van der Waals surface area contributed by atoms with Crippen LogP contribution in [-0.2, 0) is 25.7 Å². The number of hydrogen-bond acceptors (Lipinski definition) is 5. The Kier molecular flexibility index (Phi) is 8.53. The molecule has 4 rings (SSSR count). The highest BCUT2D eigenvalue weighted by molar-refractivity contribution is 5.84. The van der Waals surface area contributed by atoms with E-state index in [0.29, 0.717) is 0 Å². The minimum Gasteiger partial charge on any atom is -0.480 e. The predicted molar refractivity (Wildman–Crippen MR) is 138 cm³/mol. The lowest BCUT2D eigenvalue weighted by atomic mass is 9.98. The maximum absolute atomic E-state index is 12.3. The number of carbonyl (C=O) groups is 3. The lowest BCUT2D eigenvalue weighted by molar-refractivity contribution is -0.146. The van der Waals surface area contributed by atoms with E-state index in [0.717, 1.165) is 27.8 Å². The molecule has 0 heterocycles. The van der Waals surface area contributed by atoms with Crippen LogP contribution in [-0.4, -0.2) is 48.4 Å². The van der Waals surface area contributed by atoms with Crippen molar-refractivity contribution in [3.8, 4) is 11.1 Å². The van der Waals surface area contributed by atoms with Crippen LogP contribution in [0, 0.1) is 0 Å². The van der Waals surface area contributed by atoms with Crippen molar-refractivity contribution < 1.29 is 29.0 Å². The van der Waals surface area contributed by atoms with Gasteiger partial charge in [-0.05, 0) is 34.7 Å². The van der Waals surface area contributed by atoms with Crippen molar-refractivity contribution in [3.05, 3.63) is 95.6 Å². The molecular formula is C29H30N2O6. The number of benzene rings is 3. The van der Waals surface area contributed by atoms with Crippen LogP contribution >= 0.6 is 0 Å². The zero-order valence-electron chi connectivity index (χ0n) is 20.6. The number of nitrogens with one attached hydrogen (secondary N) is 2. The largest absolute Gasteiger partial charge is 0.480 e. The summed E-state index contributed by atoms with van der Waals surface area (Å²) in [6.07, 6.45) is -1.49. The van der Waals surface area contributed by atoms with Crippen LogP contribution in [0.1, 0.15) is 36.0 Å². The summed E-state index contributed by atoms with van der Waals surface area (Å²) in [6.45, 7) is 2.00. The lowest BCUT2D eigenvalue weighted by Gasteiger charge is -2.22. The van der Waals surface area contributed by atoms with Crippen LogP contribution in [0.4, 0.5) is 4.79 Å². The summed E-state index contributed by atoms with van der Waals surface area (Å²) in [5.41, 5.74) is 5.40. The van der Waals surface area contributed by atoms with E-state index in [-0.39, 0.29) is 32.1 Å². The molecular weight excluding hydrogens is 472 g/mol. The van der Waals surface area contributed by atoms with E-state index in [1.165, 1.54) is 0 Å². The van der Waals surface area contributed by atoms with Crippen molar-refractivity contribution in [2.45, 2.75) is 38.0 Å². The van der Waals surface area contributed by atoms with E-state index in [2.05, 4.69) is 22.8 Å². The Balaban J connectivity index is 1.21. The summed E-state index contributed by atoms with van der Waals surface area (Å²) >= 11 is 0. The van der Waals surface area contributed by atoms with Crippen molar-refractivity contribution in [2.75, 3.05) is 13.2 Å². The Hall–Kier alpha value is -4.17. The molecule has 3 aromatic rings. The van der Waals surface area contributed by atoms with Gasteiger partial charge in [0.15, 0.2) is 6.04 Å². The van der Waals surface area contributed by atoms with Crippen LogP contribution in [0.25, 0.3) is 11.1 Å². The van der Waals surface area contributed by atoms with E-state index in [1.54, 1.807) is 6.92 Å². The van der Waals surface area contributed by atoms with Crippen molar-refractivity contribution in [2.24, 2.45) is 0 Å². The number of amides is 2. The molecule has 0 aromatic heterocycles. The minimum absolute atomic E-state index is 0.00804. The quantitative estimate of drug-likeness (QED) is 0.364. The van der Waals surface area contributed by atoms with Gasteiger partial charge in [-0.2, -0.15) is 0 Å². The Morgan fingerprint density at radius 2 is 1.49 bits per heavy atom. The number of fused-ring (bicyclic) bond motifs is 3. The summed E-state index contributed by atoms with van der Waals surface area (Å²) in [7, 11) is 0. The molecule has 3 N–H and O–H groups in total. The van der Waals surface area contributed by atoms with Gasteiger partial charge in [0.2, 0.25) is 5.91 Å². The third kappa shape index (κ3) is 6.54. The average molecular weight is 503 g/mol. The maximum Gasteiger partial charge on any atom is 0.407 e. The molecule has 0 radical (unpaired) electrons. The van der Waals surface area contributed by atoms with Gasteiger partial charge in [-0.15, -0.1) is 0 Å². The van der Waals surface area contributed by atoms with Gasteiger partial charge in [-0.25, -0.2) is 9.59 Å². The second-order valence-electron chi connectivity index (χ2n) is 8.89.